The lowest BCUT2D eigenvalue weighted by Crippen LogP contribution is -2.72. The van der Waals surface area contributed by atoms with Crippen molar-refractivity contribution in [2.45, 2.75) is 24.9 Å². The standard InChI is InChI=1S/C20H17F3N2O5/c1-10-2-4-11(5-3-10)17(26)15-16(12-6-7-13-14(8-12)30-9-29-13)24-18(27)25-19(15,28)20(21,22)23/h2-8,15-16,28H,9H2,1H3,(H2,24,25,27)/t15-,16-,19+/m0/s1. The minimum absolute atomic E-state index is 0.0306. The fourth-order valence-electron chi connectivity index (χ4n) is 3.62. The van der Waals surface area contributed by atoms with E-state index in [0.29, 0.717) is 5.75 Å². The number of aryl methyl sites for hydroxylation is 1. The first-order chi connectivity index (χ1) is 14.1. The fraction of sp³-hybridized carbons (Fsp3) is 0.300. The second-order valence-corrected chi connectivity index (χ2v) is 7.16. The Labute approximate surface area is 168 Å². The third kappa shape index (κ3) is 3.22. The number of ether oxygens (including phenoxy) is 2. The molecule has 0 saturated carbocycles. The molecule has 7 nitrogen and oxygen atoms in total. The third-order valence-corrected chi connectivity index (χ3v) is 5.18. The molecular weight excluding hydrogens is 405 g/mol. The summed E-state index contributed by atoms with van der Waals surface area (Å²) in [6.45, 7) is 1.70. The van der Waals surface area contributed by atoms with Gasteiger partial charge in [0.2, 0.25) is 12.5 Å². The Hall–Kier alpha value is -3.27. The van der Waals surface area contributed by atoms with Crippen LogP contribution in [-0.4, -0.2) is 35.6 Å². The van der Waals surface area contributed by atoms with Crippen molar-refractivity contribution in [3.63, 3.8) is 0 Å². The van der Waals surface area contributed by atoms with Crippen molar-refractivity contribution >= 4 is 11.8 Å². The molecular formula is C20H17F3N2O5. The SMILES string of the molecule is Cc1ccc(C(=O)[C@@H]2[C@H](c3ccc4c(c3)OCO4)NC(=O)N[C@]2(O)C(F)(F)F)cc1. The predicted octanol–water partition coefficient (Wildman–Crippen LogP) is 2.83. The van der Waals surface area contributed by atoms with Gasteiger partial charge in [-0.05, 0) is 24.6 Å². The van der Waals surface area contributed by atoms with E-state index in [2.05, 4.69) is 5.32 Å². The molecule has 2 amide bonds. The van der Waals surface area contributed by atoms with Crippen molar-refractivity contribution in [3.05, 3.63) is 59.2 Å². The Morgan fingerprint density at radius 3 is 2.47 bits per heavy atom. The summed E-state index contributed by atoms with van der Waals surface area (Å²) < 4.78 is 52.2. The number of carbonyl (C=O) groups is 2. The van der Waals surface area contributed by atoms with Gasteiger partial charge in [-0.25, -0.2) is 4.79 Å². The van der Waals surface area contributed by atoms with E-state index >= 15 is 0 Å². The molecule has 2 heterocycles. The highest BCUT2D eigenvalue weighted by atomic mass is 19.4. The van der Waals surface area contributed by atoms with E-state index in [4.69, 9.17) is 9.47 Å². The molecule has 2 aromatic carbocycles. The van der Waals surface area contributed by atoms with Crippen molar-refractivity contribution in [1.82, 2.24) is 10.6 Å². The number of carbonyl (C=O) groups excluding carboxylic acids is 2. The van der Waals surface area contributed by atoms with E-state index in [0.717, 1.165) is 5.56 Å². The summed E-state index contributed by atoms with van der Waals surface area (Å²) in [6.07, 6.45) is -5.32. The largest absolute Gasteiger partial charge is 0.454 e. The number of alkyl halides is 3. The molecule has 2 aromatic rings. The third-order valence-electron chi connectivity index (χ3n) is 5.18. The van der Waals surface area contributed by atoms with Crippen LogP contribution in [0.2, 0.25) is 0 Å². The van der Waals surface area contributed by atoms with Crippen LogP contribution < -0.4 is 20.1 Å². The zero-order chi connectivity index (χ0) is 21.7. The van der Waals surface area contributed by atoms with Crippen LogP contribution in [0, 0.1) is 12.8 Å². The van der Waals surface area contributed by atoms with E-state index in [1.165, 1.54) is 35.6 Å². The molecule has 1 saturated heterocycles. The molecule has 0 bridgehead atoms. The zero-order valence-electron chi connectivity index (χ0n) is 15.6. The van der Waals surface area contributed by atoms with Gasteiger partial charge in [0.1, 0.15) is 5.92 Å². The summed E-state index contributed by atoms with van der Waals surface area (Å²) in [7, 11) is 0. The molecule has 30 heavy (non-hydrogen) atoms. The number of ketones is 1. The Kier molecular flexibility index (Phi) is 4.61. The lowest BCUT2D eigenvalue weighted by molar-refractivity contribution is -0.287. The first-order valence-electron chi connectivity index (χ1n) is 8.98. The van der Waals surface area contributed by atoms with Gasteiger partial charge >= 0.3 is 12.2 Å². The van der Waals surface area contributed by atoms with Crippen molar-refractivity contribution < 1.29 is 37.3 Å². The van der Waals surface area contributed by atoms with E-state index in [1.807, 2.05) is 0 Å². The summed E-state index contributed by atoms with van der Waals surface area (Å²) in [5.41, 5.74) is -2.85. The lowest BCUT2D eigenvalue weighted by Gasteiger charge is -2.45. The van der Waals surface area contributed by atoms with Gasteiger partial charge in [-0.3, -0.25) is 4.79 Å². The van der Waals surface area contributed by atoms with Crippen LogP contribution >= 0.6 is 0 Å². The number of fused-ring (bicyclic) bond motifs is 1. The number of aliphatic hydroxyl groups is 1. The van der Waals surface area contributed by atoms with Crippen LogP contribution in [0.25, 0.3) is 0 Å². The Morgan fingerprint density at radius 1 is 1.13 bits per heavy atom. The number of benzene rings is 2. The molecule has 0 unspecified atom stereocenters. The number of hydrogen-bond donors (Lipinski definition) is 3. The topological polar surface area (TPSA) is 96.9 Å². The summed E-state index contributed by atoms with van der Waals surface area (Å²) >= 11 is 0. The molecule has 158 valence electrons. The number of urea groups is 1. The van der Waals surface area contributed by atoms with Crippen molar-refractivity contribution in [2.75, 3.05) is 6.79 Å². The van der Waals surface area contributed by atoms with Gasteiger partial charge in [0.05, 0.1) is 6.04 Å². The maximum absolute atomic E-state index is 13.9. The van der Waals surface area contributed by atoms with Gasteiger partial charge in [0, 0.05) is 5.56 Å². The van der Waals surface area contributed by atoms with Gasteiger partial charge in [-0.2, -0.15) is 13.2 Å². The molecule has 3 atom stereocenters. The fourth-order valence-corrected chi connectivity index (χ4v) is 3.62. The van der Waals surface area contributed by atoms with Crippen LogP contribution in [-0.2, 0) is 0 Å². The average molecular weight is 422 g/mol. The van der Waals surface area contributed by atoms with Gasteiger partial charge in [-0.15, -0.1) is 0 Å². The summed E-state index contributed by atoms with van der Waals surface area (Å²) in [5, 5.41) is 14.4. The number of rotatable bonds is 3. The first-order valence-corrected chi connectivity index (χ1v) is 8.98. The van der Waals surface area contributed by atoms with Crippen molar-refractivity contribution in [3.8, 4) is 11.5 Å². The van der Waals surface area contributed by atoms with Crippen LogP contribution in [0.15, 0.2) is 42.5 Å². The molecule has 10 heteroatoms. The summed E-state index contributed by atoms with van der Waals surface area (Å²) in [6, 6.07) is 7.42. The van der Waals surface area contributed by atoms with Gasteiger partial charge < -0.3 is 25.2 Å². The Morgan fingerprint density at radius 2 is 1.80 bits per heavy atom. The van der Waals surface area contributed by atoms with E-state index in [1.54, 1.807) is 19.1 Å². The molecule has 0 spiro atoms. The minimum atomic E-state index is -5.32. The molecule has 1 fully saturated rings. The number of amides is 2. The van der Waals surface area contributed by atoms with Crippen molar-refractivity contribution in [1.29, 1.82) is 0 Å². The normalized spacial score (nSPS) is 25.4. The van der Waals surface area contributed by atoms with Crippen LogP contribution in [0.4, 0.5) is 18.0 Å². The highest BCUT2D eigenvalue weighted by molar-refractivity contribution is 6.00. The van der Waals surface area contributed by atoms with E-state index in [9.17, 15) is 27.9 Å². The number of halogens is 3. The highest BCUT2D eigenvalue weighted by Gasteiger charge is 2.66. The van der Waals surface area contributed by atoms with Crippen LogP contribution in [0.3, 0.4) is 0 Å². The minimum Gasteiger partial charge on any atom is -0.454 e. The van der Waals surface area contributed by atoms with Crippen LogP contribution in [0.5, 0.6) is 11.5 Å². The zero-order valence-corrected chi connectivity index (χ0v) is 15.6. The smallest absolute Gasteiger partial charge is 0.437 e. The maximum Gasteiger partial charge on any atom is 0.437 e. The molecule has 3 N–H and O–H groups in total. The predicted molar refractivity (Wildman–Crippen MR) is 97.0 cm³/mol. The molecule has 2 aliphatic rings. The molecule has 0 aromatic heterocycles. The monoisotopic (exact) mass is 422 g/mol. The van der Waals surface area contributed by atoms with E-state index in [-0.39, 0.29) is 23.7 Å². The number of hydrogen-bond acceptors (Lipinski definition) is 5. The lowest BCUT2D eigenvalue weighted by atomic mass is 9.77. The number of nitrogens with one attached hydrogen (secondary N) is 2. The Bertz CT molecular complexity index is 1010. The Balaban J connectivity index is 1.84. The molecule has 2 aliphatic heterocycles. The first kappa shape index (κ1) is 20.0. The van der Waals surface area contributed by atoms with E-state index < -0.39 is 35.7 Å². The summed E-state index contributed by atoms with van der Waals surface area (Å²) in [4.78, 5) is 25.2. The van der Waals surface area contributed by atoms with Crippen molar-refractivity contribution in [2.24, 2.45) is 5.92 Å². The molecule has 0 radical (unpaired) electrons. The molecule has 4 rings (SSSR count). The second-order valence-electron chi connectivity index (χ2n) is 7.16. The van der Waals surface area contributed by atoms with Gasteiger partial charge in [0.25, 0.3) is 0 Å². The highest BCUT2D eigenvalue weighted by Crippen LogP contribution is 2.45. The number of Topliss-reactive ketones (excluding diaryl/α,β-unsaturated/α-hetero) is 1. The molecule has 0 aliphatic carbocycles. The average Bonchev–Trinajstić information content (AvgIpc) is 3.14. The van der Waals surface area contributed by atoms with Crippen LogP contribution in [0.1, 0.15) is 27.5 Å². The summed E-state index contributed by atoms with van der Waals surface area (Å²) in [5.74, 6) is -2.44. The van der Waals surface area contributed by atoms with Gasteiger partial charge in [0.15, 0.2) is 17.3 Å². The quantitative estimate of drug-likeness (QED) is 0.661. The van der Waals surface area contributed by atoms with Gasteiger partial charge in [-0.1, -0.05) is 35.9 Å². The second kappa shape index (κ2) is 6.91. The maximum atomic E-state index is 13.9.